The fraction of sp³-hybridized carbons (Fsp3) is 0.333. The topological polar surface area (TPSA) is 149 Å². The van der Waals surface area contributed by atoms with E-state index < -0.39 is 48.8 Å². The molecule has 1 aromatic heterocycles. The zero-order chi connectivity index (χ0) is 21.1. The van der Waals surface area contributed by atoms with E-state index in [1.165, 1.54) is 0 Å². The minimum Gasteiger partial charge on any atom is -0.459 e. The van der Waals surface area contributed by atoms with Crippen LogP contribution in [0.5, 0.6) is 0 Å². The van der Waals surface area contributed by atoms with E-state index in [1.807, 2.05) is 0 Å². The molecule has 1 aliphatic heterocycles. The smallest absolute Gasteiger partial charge is 0.351 e. The van der Waals surface area contributed by atoms with Crippen molar-refractivity contribution in [1.29, 1.82) is 0 Å². The summed E-state index contributed by atoms with van der Waals surface area (Å²) < 4.78 is 31.5. The van der Waals surface area contributed by atoms with E-state index in [-0.39, 0.29) is 17.1 Å². The van der Waals surface area contributed by atoms with Crippen LogP contribution >= 0.6 is 0 Å². The number of halogens is 1. The molecule has 2 heterocycles. The average molecular weight is 406 g/mol. The largest absolute Gasteiger partial charge is 0.459 e. The van der Waals surface area contributed by atoms with Gasteiger partial charge in [-0.05, 0) is 12.1 Å². The number of esters is 2. The number of anilines is 2. The Bertz CT molecular complexity index is 967. The molecular weight excluding hydrogens is 387 g/mol. The Hall–Kier alpha value is -3.47. The quantitative estimate of drug-likeness (QED) is 0.674. The second-order valence-corrected chi connectivity index (χ2v) is 6.32. The Labute approximate surface area is 164 Å². The predicted octanol–water partition coefficient (Wildman–Crippen LogP) is 0.432. The summed E-state index contributed by atoms with van der Waals surface area (Å²) in [5.74, 6) is -1.63. The highest BCUT2D eigenvalue weighted by Crippen LogP contribution is 2.34. The zero-order valence-electron chi connectivity index (χ0n) is 15.4. The predicted molar refractivity (Wildman–Crippen MR) is 98.4 cm³/mol. The van der Waals surface area contributed by atoms with Gasteiger partial charge < -0.3 is 25.7 Å². The van der Waals surface area contributed by atoms with Gasteiger partial charge in [-0.15, -0.1) is 0 Å². The molecular formula is C18H19FN4O6. The van der Waals surface area contributed by atoms with Crippen molar-refractivity contribution < 1.29 is 28.2 Å². The van der Waals surface area contributed by atoms with Gasteiger partial charge in [-0.25, -0.2) is 14.0 Å². The number of benzene rings is 1. The summed E-state index contributed by atoms with van der Waals surface area (Å²) in [4.78, 5) is 39.1. The van der Waals surface area contributed by atoms with Crippen LogP contribution in [0.4, 0.5) is 15.9 Å². The van der Waals surface area contributed by atoms with Gasteiger partial charge in [-0.3, -0.25) is 9.36 Å². The minimum atomic E-state index is -1.94. The van der Waals surface area contributed by atoms with Crippen molar-refractivity contribution >= 4 is 23.4 Å². The molecule has 10 nitrogen and oxygen atoms in total. The summed E-state index contributed by atoms with van der Waals surface area (Å²) in [7, 11) is 0. The minimum absolute atomic E-state index is 0.0524. The molecule has 0 amide bonds. The molecule has 0 unspecified atom stereocenters. The third-order valence-corrected chi connectivity index (χ3v) is 4.24. The number of hydrogen-bond donors (Lipinski definition) is 2. The van der Waals surface area contributed by atoms with Gasteiger partial charge >= 0.3 is 17.6 Å². The average Bonchev–Trinajstić information content (AvgIpc) is 2.98. The molecule has 29 heavy (non-hydrogen) atoms. The van der Waals surface area contributed by atoms with Gasteiger partial charge in [0.1, 0.15) is 12.7 Å². The van der Waals surface area contributed by atoms with Crippen molar-refractivity contribution in [2.45, 2.75) is 31.5 Å². The normalized spacial score (nSPS) is 23.5. The molecule has 11 heteroatoms. The number of carbonyl (C=O) groups is 2. The number of ether oxygens (including phenoxy) is 3. The lowest BCUT2D eigenvalue weighted by Crippen LogP contribution is -2.37. The van der Waals surface area contributed by atoms with Crippen molar-refractivity contribution in [2.75, 3.05) is 18.1 Å². The molecule has 1 fully saturated rings. The molecule has 1 aromatic carbocycles. The molecule has 2 aromatic rings. The Balaban J connectivity index is 1.80. The fourth-order valence-electron chi connectivity index (χ4n) is 2.88. The summed E-state index contributed by atoms with van der Waals surface area (Å²) in [5.41, 5.74) is 10.4. The van der Waals surface area contributed by atoms with Crippen molar-refractivity contribution in [1.82, 2.24) is 9.55 Å². The number of carbonyl (C=O) groups excluding carboxylic acids is 2. The summed E-state index contributed by atoms with van der Waals surface area (Å²) in [5, 5.41) is 0. The number of aromatic nitrogens is 2. The van der Waals surface area contributed by atoms with Crippen molar-refractivity contribution in [3.63, 3.8) is 0 Å². The van der Waals surface area contributed by atoms with Crippen LogP contribution in [-0.2, 0) is 19.0 Å². The van der Waals surface area contributed by atoms with E-state index in [0.717, 1.165) is 17.7 Å². The van der Waals surface area contributed by atoms with Crippen molar-refractivity contribution in [3.8, 4) is 0 Å². The first-order valence-electron chi connectivity index (χ1n) is 8.61. The number of alkyl halides is 1. The van der Waals surface area contributed by atoms with Crippen LogP contribution in [0, 0.1) is 0 Å². The highest BCUT2D eigenvalue weighted by Gasteiger charge is 2.49. The van der Waals surface area contributed by atoms with E-state index in [4.69, 9.17) is 25.7 Å². The van der Waals surface area contributed by atoms with Gasteiger partial charge in [0.25, 0.3) is 0 Å². The van der Waals surface area contributed by atoms with Gasteiger partial charge in [0.2, 0.25) is 0 Å². The molecule has 0 radical (unpaired) electrons. The maximum absolute atomic E-state index is 15.0. The first kappa shape index (κ1) is 20.3. The molecule has 0 bridgehead atoms. The molecule has 0 aliphatic carbocycles. The van der Waals surface area contributed by atoms with Crippen LogP contribution in [0.1, 0.15) is 23.5 Å². The molecule has 0 saturated carbocycles. The summed E-state index contributed by atoms with van der Waals surface area (Å²) >= 11 is 0. The lowest BCUT2D eigenvalue weighted by molar-refractivity contribution is -0.152. The lowest BCUT2D eigenvalue weighted by atomic mass is 10.1. The van der Waals surface area contributed by atoms with Crippen molar-refractivity contribution in [3.05, 3.63) is 52.6 Å². The van der Waals surface area contributed by atoms with E-state index in [1.54, 1.807) is 30.3 Å². The van der Waals surface area contributed by atoms with Gasteiger partial charge in [-0.2, -0.15) is 4.98 Å². The monoisotopic (exact) mass is 406 g/mol. The third-order valence-electron chi connectivity index (χ3n) is 4.24. The van der Waals surface area contributed by atoms with E-state index in [2.05, 4.69) is 4.98 Å². The second kappa shape index (κ2) is 8.27. The highest BCUT2D eigenvalue weighted by molar-refractivity contribution is 5.89. The first-order chi connectivity index (χ1) is 13.8. The van der Waals surface area contributed by atoms with E-state index >= 15 is 4.39 Å². The SMILES string of the molecule is CC(=O)O[C@H]1[C@@H](F)[C@H](n2cc(N)c(N)nc2=O)O[C@@H]1COC(=O)c1ccccc1. The maximum atomic E-state index is 15.0. The Morgan fingerprint density at radius 3 is 2.62 bits per heavy atom. The van der Waals surface area contributed by atoms with E-state index in [0.29, 0.717) is 0 Å². The summed E-state index contributed by atoms with van der Waals surface area (Å²) in [6.45, 7) is 0.692. The molecule has 3 rings (SSSR count). The number of hydrogen-bond acceptors (Lipinski definition) is 9. The lowest BCUT2D eigenvalue weighted by Gasteiger charge is -2.18. The summed E-state index contributed by atoms with van der Waals surface area (Å²) in [6.07, 6.45) is -4.92. The Kier molecular flexibility index (Phi) is 5.78. The standard InChI is InChI=1S/C18H19FN4O6/c1-9(24)28-14-12(8-27-17(25)10-5-3-2-4-6-10)29-16(13(14)19)23-7-11(20)15(21)22-18(23)26/h2-7,12-14,16H,8,20H2,1H3,(H2,21,22,26)/t12-,13-,14-,16-/m1/s1. The van der Waals surface area contributed by atoms with Crippen LogP contribution in [-0.4, -0.2) is 46.5 Å². The zero-order valence-corrected chi connectivity index (χ0v) is 15.4. The maximum Gasteiger partial charge on any atom is 0.351 e. The van der Waals surface area contributed by atoms with Crippen LogP contribution in [0.15, 0.2) is 41.3 Å². The first-order valence-corrected chi connectivity index (χ1v) is 8.61. The molecule has 0 spiro atoms. The fourth-order valence-corrected chi connectivity index (χ4v) is 2.88. The Morgan fingerprint density at radius 1 is 1.28 bits per heavy atom. The third kappa shape index (κ3) is 4.35. The Morgan fingerprint density at radius 2 is 1.97 bits per heavy atom. The second-order valence-electron chi connectivity index (χ2n) is 6.32. The summed E-state index contributed by atoms with van der Waals surface area (Å²) in [6, 6.07) is 8.14. The van der Waals surface area contributed by atoms with Crippen LogP contribution in [0.2, 0.25) is 0 Å². The van der Waals surface area contributed by atoms with Gasteiger partial charge in [0, 0.05) is 13.1 Å². The van der Waals surface area contributed by atoms with Crippen LogP contribution in [0.3, 0.4) is 0 Å². The molecule has 4 N–H and O–H groups in total. The van der Waals surface area contributed by atoms with Gasteiger partial charge in [-0.1, -0.05) is 18.2 Å². The molecule has 1 aliphatic rings. The van der Waals surface area contributed by atoms with Crippen LogP contribution in [0.25, 0.3) is 0 Å². The number of nitrogens with zero attached hydrogens (tertiary/aromatic N) is 2. The molecule has 154 valence electrons. The van der Waals surface area contributed by atoms with Gasteiger partial charge in [0.05, 0.1) is 11.3 Å². The number of nitrogens with two attached hydrogens (primary N) is 2. The van der Waals surface area contributed by atoms with Gasteiger partial charge in [0.15, 0.2) is 24.3 Å². The van der Waals surface area contributed by atoms with Crippen molar-refractivity contribution in [2.24, 2.45) is 0 Å². The van der Waals surface area contributed by atoms with Crippen LogP contribution < -0.4 is 17.2 Å². The van der Waals surface area contributed by atoms with E-state index in [9.17, 15) is 14.4 Å². The number of nitrogen functional groups attached to an aromatic ring is 2. The number of rotatable bonds is 5. The molecule has 4 atom stereocenters. The highest BCUT2D eigenvalue weighted by atomic mass is 19.1. The molecule has 1 saturated heterocycles.